The summed E-state index contributed by atoms with van der Waals surface area (Å²) in [6, 6.07) is 0. The highest BCUT2D eigenvalue weighted by Gasteiger charge is 2.55. The second-order valence-electron chi connectivity index (χ2n) is 6.21. The Kier molecular flexibility index (Phi) is 4.81. The van der Waals surface area contributed by atoms with Crippen LogP contribution < -0.4 is 0 Å². The maximum Gasteiger partial charge on any atom is 0.417 e. The molecule has 24 heavy (non-hydrogen) atoms. The van der Waals surface area contributed by atoms with Gasteiger partial charge in [0.1, 0.15) is 5.69 Å². The summed E-state index contributed by atoms with van der Waals surface area (Å²) in [6.45, 7) is 4.53. The average Bonchev–Trinajstić information content (AvgIpc) is 2.82. The molecule has 1 amide bonds. The molecule has 1 saturated heterocycles. The molecule has 0 bridgehead atoms. The fourth-order valence-electron chi connectivity index (χ4n) is 3.21. The highest BCUT2D eigenvalue weighted by Crippen LogP contribution is 2.38. The molecule has 2 rings (SSSR count). The summed E-state index contributed by atoms with van der Waals surface area (Å²) in [6.07, 6.45) is -5.35. The number of H-pyrrole nitrogens is 1. The number of aromatic amines is 1. The van der Waals surface area contributed by atoms with E-state index in [1.165, 1.54) is 11.8 Å². The molecule has 2 heterocycles. The number of carbonyl (C=O) groups excluding carboxylic acids is 2. The zero-order chi connectivity index (χ0) is 18.3. The number of likely N-dealkylation sites (tertiary alicyclic amines) is 1. The van der Waals surface area contributed by atoms with Gasteiger partial charge in [0.15, 0.2) is 11.4 Å². The van der Waals surface area contributed by atoms with Gasteiger partial charge < -0.3 is 15.0 Å². The van der Waals surface area contributed by atoms with Crippen LogP contribution in [-0.4, -0.2) is 51.5 Å². The van der Waals surface area contributed by atoms with Crippen LogP contribution in [-0.2, 0) is 6.42 Å². The Bertz CT molecular complexity index is 656. The quantitative estimate of drug-likeness (QED) is 0.827. The molecule has 0 aromatic carbocycles. The third-order valence-electron chi connectivity index (χ3n) is 4.62. The molecule has 0 unspecified atom stereocenters. The van der Waals surface area contributed by atoms with Crippen molar-refractivity contribution in [3.8, 4) is 0 Å². The van der Waals surface area contributed by atoms with E-state index in [1.54, 1.807) is 6.92 Å². The number of hydrogen-bond acceptors (Lipinski definition) is 3. The van der Waals surface area contributed by atoms with Crippen LogP contribution in [0.2, 0.25) is 0 Å². The van der Waals surface area contributed by atoms with Crippen LogP contribution in [0.15, 0.2) is 0 Å². The van der Waals surface area contributed by atoms with Gasteiger partial charge in [-0.1, -0.05) is 6.92 Å². The molecule has 0 radical (unpaired) electrons. The van der Waals surface area contributed by atoms with E-state index < -0.39 is 30.5 Å². The van der Waals surface area contributed by atoms with E-state index in [-0.39, 0.29) is 24.6 Å². The van der Waals surface area contributed by atoms with Crippen molar-refractivity contribution in [2.75, 3.05) is 13.1 Å². The maximum absolute atomic E-state index is 12.8. The lowest BCUT2D eigenvalue weighted by molar-refractivity contribution is -0.271. The Labute approximate surface area is 137 Å². The number of piperidine rings is 1. The highest BCUT2D eigenvalue weighted by atomic mass is 19.4. The highest BCUT2D eigenvalue weighted by molar-refractivity contribution is 6.02. The number of ketones is 1. The lowest BCUT2D eigenvalue weighted by atomic mass is 9.90. The van der Waals surface area contributed by atoms with Crippen molar-refractivity contribution >= 4 is 11.7 Å². The van der Waals surface area contributed by atoms with Gasteiger partial charge in [-0.15, -0.1) is 0 Å². The molecular formula is C16H21F3N2O3. The van der Waals surface area contributed by atoms with Crippen LogP contribution in [0.25, 0.3) is 0 Å². The fraction of sp³-hybridized carbons (Fsp3) is 0.625. The smallest absolute Gasteiger partial charge is 0.380 e. The van der Waals surface area contributed by atoms with Crippen molar-refractivity contribution in [1.82, 2.24) is 9.88 Å². The van der Waals surface area contributed by atoms with E-state index in [4.69, 9.17) is 0 Å². The number of carbonyl (C=O) groups is 2. The zero-order valence-electron chi connectivity index (χ0n) is 13.9. The van der Waals surface area contributed by atoms with Crippen LogP contribution in [0.3, 0.4) is 0 Å². The van der Waals surface area contributed by atoms with Crippen molar-refractivity contribution in [1.29, 1.82) is 0 Å². The topological polar surface area (TPSA) is 73.4 Å². The molecule has 134 valence electrons. The molecule has 1 fully saturated rings. The maximum atomic E-state index is 12.8. The number of aryl methyl sites for hydroxylation is 1. The van der Waals surface area contributed by atoms with Crippen LogP contribution in [0, 0.1) is 6.92 Å². The van der Waals surface area contributed by atoms with Crippen LogP contribution in [0.1, 0.15) is 58.8 Å². The number of Topliss-reactive ketones (excluding diaryl/α,β-unsaturated/α-hetero) is 1. The minimum atomic E-state index is -4.71. The lowest BCUT2D eigenvalue weighted by Crippen LogP contribution is -2.54. The second kappa shape index (κ2) is 6.23. The van der Waals surface area contributed by atoms with Crippen molar-refractivity contribution in [2.45, 2.75) is 51.8 Å². The monoisotopic (exact) mass is 346 g/mol. The molecule has 2 N–H and O–H groups in total. The van der Waals surface area contributed by atoms with Crippen LogP contribution >= 0.6 is 0 Å². The van der Waals surface area contributed by atoms with Crippen molar-refractivity contribution in [3.63, 3.8) is 0 Å². The molecule has 0 saturated carbocycles. The summed E-state index contributed by atoms with van der Waals surface area (Å²) in [5, 5.41) is 9.68. The minimum absolute atomic E-state index is 0.162. The van der Waals surface area contributed by atoms with Gasteiger partial charge >= 0.3 is 6.18 Å². The Morgan fingerprint density at radius 1 is 1.29 bits per heavy atom. The number of nitrogens with one attached hydrogen (secondary N) is 1. The van der Waals surface area contributed by atoms with E-state index in [2.05, 4.69) is 4.98 Å². The summed E-state index contributed by atoms with van der Waals surface area (Å²) >= 11 is 0. The van der Waals surface area contributed by atoms with Gasteiger partial charge in [0.2, 0.25) is 0 Å². The summed E-state index contributed by atoms with van der Waals surface area (Å²) in [5.74, 6) is -0.601. The minimum Gasteiger partial charge on any atom is -0.380 e. The first-order valence-electron chi connectivity index (χ1n) is 7.82. The van der Waals surface area contributed by atoms with E-state index in [0.717, 1.165) is 0 Å². The van der Waals surface area contributed by atoms with Crippen LogP contribution in [0.4, 0.5) is 13.2 Å². The predicted octanol–water partition coefficient (Wildman–Crippen LogP) is 2.62. The largest absolute Gasteiger partial charge is 0.417 e. The first-order valence-corrected chi connectivity index (χ1v) is 7.82. The number of amides is 1. The summed E-state index contributed by atoms with van der Waals surface area (Å²) in [5.41, 5.74) is -0.872. The Morgan fingerprint density at radius 2 is 1.83 bits per heavy atom. The molecule has 0 aliphatic carbocycles. The number of rotatable bonds is 3. The summed E-state index contributed by atoms with van der Waals surface area (Å²) in [4.78, 5) is 28.6. The van der Waals surface area contributed by atoms with E-state index in [9.17, 15) is 27.9 Å². The predicted molar refractivity (Wildman–Crippen MR) is 81.1 cm³/mol. The molecule has 5 nitrogen and oxygen atoms in total. The normalized spacial score (nSPS) is 17.9. The van der Waals surface area contributed by atoms with Crippen molar-refractivity contribution in [3.05, 3.63) is 22.5 Å². The zero-order valence-corrected chi connectivity index (χ0v) is 13.9. The third kappa shape index (κ3) is 3.07. The van der Waals surface area contributed by atoms with E-state index >= 15 is 0 Å². The van der Waals surface area contributed by atoms with Gasteiger partial charge in [0, 0.05) is 37.2 Å². The van der Waals surface area contributed by atoms with Gasteiger partial charge in [-0.25, -0.2) is 0 Å². The number of aliphatic hydroxyl groups is 1. The third-order valence-corrected chi connectivity index (χ3v) is 4.62. The Balaban J connectivity index is 2.23. The SMILES string of the molecule is CCc1c(C(=O)N2CCC(O)(C(F)(F)F)CC2)[nH]c(C)c1C(C)=O. The molecule has 1 aromatic rings. The molecule has 1 aliphatic rings. The van der Waals surface area contributed by atoms with Crippen molar-refractivity contribution in [2.24, 2.45) is 0 Å². The number of halogens is 3. The van der Waals surface area contributed by atoms with Gasteiger partial charge in [-0.2, -0.15) is 13.2 Å². The molecule has 0 spiro atoms. The van der Waals surface area contributed by atoms with Gasteiger partial charge in [-0.3, -0.25) is 9.59 Å². The molecule has 1 aliphatic heterocycles. The van der Waals surface area contributed by atoms with Gasteiger partial charge in [0.05, 0.1) is 0 Å². The van der Waals surface area contributed by atoms with Gasteiger partial charge in [0.25, 0.3) is 5.91 Å². The lowest BCUT2D eigenvalue weighted by Gasteiger charge is -2.39. The first-order chi connectivity index (χ1) is 11.0. The number of hydrogen-bond donors (Lipinski definition) is 2. The fourth-order valence-corrected chi connectivity index (χ4v) is 3.21. The Morgan fingerprint density at radius 3 is 2.25 bits per heavy atom. The molecular weight excluding hydrogens is 325 g/mol. The Hall–Kier alpha value is -1.83. The van der Waals surface area contributed by atoms with E-state index in [0.29, 0.717) is 23.2 Å². The van der Waals surface area contributed by atoms with Crippen molar-refractivity contribution < 1.29 is 27.9 Å². The summed E-state index contributed by atoms with van der Waals surface area (Å²) < 4.78 is 38.5. The van der Waals surface area contributed by atoms with E-state index in [1.807, 2.05) is 6.92 Å². The number of aromatic nitrogens is 1. The first kappa shape index (κ1) is 18.5. The van der Waals surface area contributed by atoms with Gasteiger partial charge in [-0.05, 0) is 25.8 Å². The number of nitrogens with zero attached hydrogens (tertiary/aromatic N) is 1. The molecule has 8 heteroatoms. The average molecular weight is 346 g/mol. The number of alkyl halides is 3. The van der Waals surface area contributed by atoms with Crippen LogP contribution in [0.5, 0.6) is 0 Å². The summed E-state index contributed by atoms with van der Waals surface area (Å²) in [7, 11) is 0. The standard InChI is InChI=1S/C16H21F3N2O3/c1-4-11-12(10(3)22)9(2)20-13(11)14(23)21-7-5-15(24,6-8-21)16(17,18)19/h20,24H,4-8H2,1-3H3. The molecule has 0 atom stereocenters. The second-order valence-corrected chi connectivity index (χ2v) is 6.21. The molecule has 1 aromatic heterocycles.